The van der Waals surface area contributed by atoms with Crippen LogP contribution in [0.5, 0.6) is 0 Å². The number of nitrogens with two attached hydrogens (primary N) is 1. The monoisotopic (exact) mass is 270 g/mol. The second-order valence-corrected chi connectivity index (χ2v) is 6.33. The molecule has 5 heteroatoms. The Morgan fingerprint density at radius 2 is 1.89 bits per heavy atom. The lowest BCUT2D eigenvalue weighted by molar-refractivity contribution is 0.543. The van der Waals surface area contributed by atoms with E-state index in [1.54, 1.807) is 24.3 Å². The number of hydrogen-bond acceptors (Lipinski definition) is 3. The van der Waals surface area contributed by atoms with Crippen molar-refractivity contribution in [1.29, 1.82) is 0 Å². The lowest BCUT2D eigenvalue weighted by Crippen LogP contribution is -2.37. The van der Waals surface area contributed by atoms with Gasteiger partial charge in [0.1, 0.15) is 0 Å². The van der Waals surface area contributed by atoms with Crippen molar-refractivity contribution >= 4 is 10.0 Å². The third-order valence-electron chi connectivity index (χ3n) is 2.80. The summed E-state index contributed by atoms with van der Waals surface area (Å²) in [4.78, 5) is 0.288. The number of benzene rings is 1. The molecule has 0 saturated heterocycles. The molecule has 0 aliphatic rings. The first-order valence-corrected chi connectivity index (χ1v) is 7.76. The van der Waals surface area contributed by atoms with E-state index in [-0.39, 0.29) is 17.5 Å². The molecule has 0 heterocycles. The Hall–Kier alpha value is -0.910. The fourth-order valence-electron chi connectivity index (χ4n) is 1.59. The van der Waals surface area contributed by atoms with E-state index in [1.165, 1.54) is 0 Å². The first-order valence-electron chi connectivity index (χ1n) is 6.27. The van der Waals surface area contributed by atoms with E-state index in [0.717, 1.165) is 24.8 Å². The zero-order valence-corrected chi connectivity index (χ0v) is 11.8. The molecule has 3 N–H and O–H groups in total. The Morgan fingerprint density at radius 3 is 2.44 bits per heavy atom. The number of sulfonamides is 1. The summed E-state index contributed by atoms with van der Waals surface area (Å²) in [6.45, 7) is 4.30. The van der Waals surface area contributed by atoms with E-state index in [0.29, 0.717) is 0 Å². The van der Waals surface area contributed by atoms with Crippen LogP contribution in [0.1, 0.15) is 31.7 Å². The Bertz CT molecular complexity index is 454. The van der Waals surface area contributed by atoms with E-state index >= 15 is 0 Å². The highest BCUT2D eigenvalue weighted by atomic mass is 32.2. The van der Waals surface area contributed by atoms with Crippen LogP contribution in [0.25, 0.3) is 0 Å². The van der Waals surface area contributed by atoms with Crippen LogP contribution in [0.3, 0.4) is 0 Å². The molecule has 102 valence electrons. The van der Waals surface area contributed by atoms with Crippen LogP contribution in [0.2, 0.25) is 0 Å². The van der Waals surface area contributed by atoms with Crippen LogP contribution in [-0.4, -0.2) is 21.0 Å². The maximum atomic E-state index is 12.0. The molecule has 0 aliphatic heterocycles. The molecule has 0 fully saturated rings. The molecule has 18 heavy (non-hydrogen) atoms. The largest absolute Gasteiger partial charge is 0.327 e. The van der Waals surface area contributed by atoms with E-state index in [1.807, 2.05) is 6.92 Å². The number of nitrogens with one attached hydrogen (secondary N) is 1. The molecule has 0 radical (unpaired) electrons. The van der Waals surface area contributed by atoms with Crippen LogP contribution in [-0.2, 0) is 10.0 Å². The second kappa shape index (κ2) is 6.87. The molecule has 1 aromatic rings. The van der Waals surface area contributed by atoms with Crippen molar-refractivity contribution in [2.45, 2.75) is 44.0 Å². The van der Waals surface area contributed by atoms with Gasteiger partial charge in [0.05, 0.1) is 4.90 Å². The van der Waals surface area contributed by atoms with Gasteiger partial charge in [-0.05, 0) is 25.5 Å². The first-order chi connectivity index (χ1) is 8.45. The highest BCUT2D eigenvalue weighted by Gasteiger charge is 2.14. The van der Waals surface area contributed by atoms with Gasteiger partial charge in [-0.15, -0.1) is 0 Å². The summed E-state index contributed by atoms with van der Waals surface area (Å²) < 4.78 is 26.5. The van der Waals surface area contributed by atoms with E-state index in [9.17, 15) is 8.42 Å². The van der Waals surface area contributed by atoms with Crippen molar-refractivity contribution in [3.63, 3.8) is 0 Å². The standard InChI is InChI=1S/C13H22N2O2S/c1-3-4-5-12(14)10-15-18(16,17)13-8-6-11(2)7-9-13/h6-9,12,15H,3-5,10,14H2,1-2H3/t12-/m1/s1. The Labute approximate surface area is 110 Å². The van der Waals surface area contributed by atoms with Crippen molar-refractivity contribution < 1.29 is 8.42 Å². The number of aryl methyl sites for hydroxylation is 1. The number of unbranched alkanes of at least 4 members (excludes halogenated alkanes) is 1. The van der Waals surface area contributed by atoms with Crippen LogP contribution in [0, 0.1) is 6.92 Å². The lowest BCUT2D eigenvalue weighted by Gasteiger charge is -2.12. The van der Waals surface area contributed by atoms with Crippen LogP contribution >= 0.6 is 0 Å². The second-order valence-electron chi connectivity index (χ2n) is 4.57. The van der Waals surface area contributed by atoms with Crippen molar-refractivity contribution in [3.8, 4) is 0 Å². The van der Waals surface area contributed by atoms with Gasteiger partial charge in [0, 0.05) is 12.6 Å². The number of rotatable bonds is 7. The summed E-state index contributed by atoms with van der Waals surface area (Å²) >= 11 is 0. The lowest BCUT2D eigenvalue weighted by atomic mass is 10.1. The smallest absolute Gasteiger partial charge is 0.240 e. The molecule has 4 nitrogen and oxygen atoms in total. The Kier molecular flexibility index (Phi) is 5.78. The van der Waals surface area contributed by atoms with Gasteiger partial charge in [-0.3, -0.25) is 0 Å². The maximum absolute atomic E-state index is 12.0. The predicted molar refractivity (Wildman–Crippen MR) is 73.9 cm³/mol. The summed E-state index contributed by atoms with van der Waals surface area (Å²) in [6.07, 6.45) is 2.93. The van der Waals surface area contributed by atoms with E-state index in [4.69, 9.17) is 5.73 Å². The fourth-order valence-corrected chi connectivity index (χ4v) is 2.68. The number of hydrogen-bond donors (Lipinski definition) is 2. The van der Waals surface area contributed by atoms with Gasteiger partial charge in [-0.2, -0.15) is 0 Å². The van der Waals surface area contributed by atoms with Crippen LogP contribution in [0.15, 0.2) is 29.2 Å². The average Bonchev–Trinajstić information content (AvgIpc) is 2.34. The van der Waals surface area contributed by atoms with Crippen molar-refractivity contribution in [1.82, 2.24) is 4.72 Å². The molecular weight excluding hydrogens is 248 g/mol. The molecule has 1 atom stereocenters. The van der Waals surface area contributed by atoms with Gasteiger partial charge in [0.2, 0.25) is 10.0 Å². The van der Waals surface area contributed by atoms with Crippen LogP contribution in [0.4, 0.5) is 0 Å². The third kappa shape index (κ3) is 4.76. The molecular formula is C13H22N2O2S. The zero-order chi connectivity index (χ0) is 13.6. The fraction of sp³-hybridized carbons (Fsp3) is 0.538. The summed E-state index contributed by atoms with van der Waals surface area (Å²) in [7, 11) is -3.43. The molecule has 0 spiro atoms. The summed E-state index contributed by atoms with van der Waals surface area (Å²) in [5.74, 6) is 0. The van der Waals surface area contributed by atoms with Crippen molar-refractivity contribution in [3.05, 3.63) is 29.8 Å². The predicted octanol–water partition coefficient (Wildman–Crippen LogP) is 1.79. The van der Waals surface area contributed by atoms with Crippen molar-refractivity contribution in [2.75, 3.05) is 6.54 Å². The summed E-state index contributed by atoms with van der Waals surface area (Å²) in [5, 5.41) is 0. The molecule has 1 rings (SSSR count). The Morgan fingerprint density at radius 1 is 1.28 bits per heavy atom. The maximum Gasteiger partial charge on any atom is 0.240 e. The Balaban J connectivity index is 2.57. The highest BCUT2D eigenvalue weighted by molar-refractivity contribution is 7.89. The quantitative estimate of drug-likeness (QED) is 0.793. The normalized spacial score (nSPS) is 13.5. The van der Waals surface area contributed by atoms with E-state index < -0.39 is 10.0 Å². The third-order valence-corrected chi connectivity index (χ3v) is 4.23. The van der Waals surface area contributed by atoms with Gasteiger partial charge < -0.3 is 5.73 Å². The van der Waals surface area contributed by atoms with Gasteiger partial charge in [0.15, 0.2) is 0 Å². The topological polar surface area (TPSA) is 72.2 Å². The van der Waals surface area contributed by atoms with Crippen molar-refractivity contribution in [2.24, 2.45) is 5.73 Å². The zero-order valence-electron chi connectivity index (χ0n) is 11.0. The molecule has 0 amide bonds. The highest BCUT2D eigenvalue weighted by Crippen LogP contribution is 2.09. The van der Waals surface area contributed by atoms with Gasteiger partial charge >= 0.3 is 0 Å². The van der Waals surface area contributed by atoms with E-state index in [2.05, 4.69) is 11.6 Å². The average molecular weight is 270 g/mol. The minimum Gasteiger partial charge on any atom is -0.327 e. The molecule has 0 saturated carbocycles. The van der Waals surface area contributed by atoms with Gasteiger partial charge in [-0.1, -0.05) is 37.5 Å². The molecule has 0 bridgehead atoms. The van der Waals surface area contributed by atoms with Crippen LogP contribution < -0.4 is 10.5 Å². The minimum atomic E-state index is -3.43. The summed E-state index contributed by atoms with van der Waals surface area (Å²) in [6, 6.07) is 6.66. The molecule has 1 aromatic carbocycles. The molecule has 0 aliphatic carbocycles. The molecule has 0 unspecified atom stereocenters. The van der Waals surface area contributed by atoms with Gasteiger partial charge in [0.25, 0.3) is 0 Å². The minimum absolute atomic E-state index is 0.120. The molecule has 0 aromatic heterocycles. The van der Waals surface area contributed by atoms with Gasteiger partial charge in [-0.25, -0.2) is 13.1 Å². The summed E-state index contributed by atoms with van der Waals surface area (Å²) in [5.41, 5.74) is 6.88. The first kappa shape index (κ1) is 15.1. The SMILES string of the molecule is CCCC[C@@H](N)CNS(=O)(=O)c1ccc(C)cc1.